The van der Waals surface area contributed by atoms with Crippen molar-refractivity contribution in [3.63, 3.8) is 0 Å². The summed E-state index contributed by atoms with van der Waals surface area (Å²) in [6, 6.07) is 8.13. The van der Waals surface area contributed by atoms with Crippen molar-refractivity contribution in [3.05, 3.63) is 24.3 Å². The van der Waals surface area contributed by atoms with E-state index in [-0.39, 0.29) is 12.0 Å². The second-order valence-electron chi connectivity index (χ2n) is 9.17. The van der Waals surface area contributed by atoms with E-state index in [0.717, 1.165) is 36.7 Å². The molecule has 9 nitrogen and oxygen atoms in total. The van der Waals surface area contributed by atoms with Gasteiger partial charge in [0.2, 0.25) is 11.9 Å². The van der Waals surface area contributed by atoms with Gasteiger partial charge in [0.25, 0.3) is 0 Å². The average Bonchev–Trinajstić information content (AvgIpc) is 3.45. The molecule has 0 bridgehead atoms. The Hall–Kier alpha value is -2.94. The summed E-state index contributed by atoms with van der Waals surface area (Å²) in [5.74, 6) is 2.77. The number of hydrogen-bond acceptors (Lipinski definition) is 8. The summed E-state index contributed by atoms with van der Waals surface area (Å²) in [5, 5.41) is 7.88. The van der Waals surface area contributed by atoms with Crippen LogP contribution in [0.4, 0.5) is 17.6 Å². The van der Waals surface area contributed by atoms with Crippen molar-refractivity contribution in [2.75, 3.05) is 37.3 Å². The maximum Gasteiger partial charge on any atom is 0.248 e. The highest BCUT2D eigenvalue weighted by Crippen LogP contribution is 2.29. The van der Waals surface area contributed by atoms with E-state index in [4.69, 9.17) is 10.5 Å². The molecular weight excluding hydrogens is 416 g/mol. The van der Waals surface area contributed by atoms with Crippen LogP contribution >= 0.6 is 0 Å². The average molecular weight is 451 g/mol. The van der Waals surface area contributed by atoms with E-state index < -0.39 is 0 Å². The van der Waals surface area contributed by atoms with Gasteiger partial charge in [0.05, 0.1) is 6.04 Å². The topological polar surface area (TPSA) is 106 Å². The Balaban J connectivity index is 1.21. The van der Waals surface area contributed by atoms with Crippen LogP contribution in [0.3, 0.4) is 0 Å². The summed E-state index contributed by atoms with van der Waals surface area (Å²) >= 11 is 0. The number of nitrogens with one attached hydrogen (secondary N) is 1. The fraction of sp³-hybridized carbons (Fsp3) is 0.583. The van der Waals surface area contributed by atoms with E-state index >= 15 is 0 Å². The summed E-state index contributed by atoms with van der Waals surface area (Å²) < 4.78 is 7.58. The Bertz CT molecular complexity index is 977. The first kappa shape index (κ1) is 21.9. The van der Waals surface area contributed by atoms with E-state index in [1.165, 1.54) is 51.6 Å². The van der Waals surface area contributed by atoms with Gasteiger partial charge in [0.1, 0.15) is 24.5 Å². The number of hydrogen-bond donors (Lipinski definition) is 2. The van der Waals surface area contributed by atoms with Gasteiger partial charge in [-0.25, -0.2) is 4.99 Å². The molecule has 1 aromatic carbocycles. The van der Waals surface area contributed by atoms with Crippen molar-refractivity contribution < 1.29 is 4.74 Å². The second kappa shape index (κ2) is 10.3. The number of ether oxygens (including phenoxy) is 1. The first-order valence-corrected chi connectivity index (χ1v) is 12.3. The van der Waals surface area contributed by atoms with Crippen LogP contribution in [-0.4, -0.2) is 64.1 Å². The smallest absolute Gasteiger partial charge is 0.248 e. The highest BCUT2D eigenvalue weighted by molar-refractivity contribution is 5.95. The second-order valence-corrected chi connectivity index (χ2v) is 9.17. The van der Waals surface area contributed by atoms with E-state index in [1.807, 2.05) is 24.3 Å². The summed E-state index contributed by atoms with van der Waals surface area (Å²) in [5.41, 5.74) is 7.13. The number of anilines is 3. The third-order valence-electron chi connectivity index (χ3n) is 6.84. The number of fused-ring (bicyclic) bond motifs is 1. The van der Waals surface area contributed by atoms with Crippen LogP contribution < -0.4 is 15.8 Å². The number of aliphatic imine (C=N–C) groups is 2. The highest BCUT2D eigenvalue weighted by Gasteiger charge is 2.31. The van der Waals surface area contributed by atoms with Gasteiger partial charge in [-0.1, -0.05) is 25.7 Å². The predicted octanol–water partition coefficient (Wildman–Crippen LogP) is 3.71. The number of nitrogens with zero attached hydrogens (tertiary/aromatic N) is 6. The normalized spacial score (nSPS) is 23.5. The molecule has 0 radical (unpaired) electrons. The predicted molar refractivity (Wildman–Crippen MR) is 132 cm³/mol. The van der Waals surface area contributed by atoms with Crippen LogP contribution in [0, 0.1) is 5.92 Å². The van der Waals surface area contributed by atoms with E-state index in [2.05, 4.69) is 30.3 Å². The van der Waals surface area contributed by atoms with Crippen LogP contribution in [0.2, 0.25) is 0 Å². The van der Waals surface area contributed by atoms with Gasteiger partial charge in [0, 0.05) is 18.2 Å². The van der Waals surface area contributed by atoms with Gasteiger partial charge in [0.15, 0.2) is 0 Å². The van der Waals surface area contributed by atoms with Gasteiger partial charge < -0.3 is 15.8 Å². The summed E-state index contributed by atoms with van der Waals surface area (Å²) in [4.78, 5) is 16.1. The molecule has 3 aliphatic rings. The molecule has 176 valence electrons. The Morgan fingerprint density at radius 3 is 2.61 bits per heavy atom. The molecule has 1 aliphatic carbocycles. The Kier molecular flexibility index (Phi) is 6.85. The molecule has 2 fully saturated rings. The molecule has 9 heteroatoms. The molecule has 0 spiro atoms. The molecule has 1 saturated carbocycles. The zero-order valence-corrected chi connectivity index (χ0v) is 19.2. The molecule has 2 unspecified atom stereocenters. The summed E-state index contributed by atoms with van der Waals surface area (Å²) in [7, 11) is 0. The van der Waals surface area contributed by atoms with Gasteiger partial charge in [-0.05, 0) is 63.0 Å². The Morgan fingerprint density at radius 1 is 1.00 bits per heavy atom. The third kappa shape index (κ3) is 5.35. The molecule has 3 heterocycles. The minimum absolute atomic E-state index is 0.240. The number of benzene rings is 1. The van der Waals surface area contributed by atoms with Gasteiger partial charge >= 0.3 is 0 Å². The molecule has 2 aliphatic heterocycles. The maximum absolute atomic E-state index is 6.25. The molecule has 1 aromatic heterocycles. The zero-order valence-electron chi connectivity index (χ0n) is 19.2. The molecule has 5 rings (SSSR count). The minimum atomic E-state index is 0.240. The first-order chi connectivity index (χ1) is 16.3. The molecular formula is C24H34N8O. The van der Waals surface area contributed by atoms with Gasteiger partial charge in [-0.15, -0.1) is 5.10 Å². The molecule has 2 atom stereocenters. The summed E-state index contributed by atoms with van der Waals surface area (Å²) in [6.45, 7) is 4.07. The van der Waals surface area contributed by atoms with Crippen molar-refractivity contribution in [2.24, 2.45) is 15.9 Å². The van der Waals surface area contributed by atoms with E-state index in [9.17, 15) is 0 Å². The fourth-order valence-electron chi connectivity index (χ4n) is 5.04. The van der Waals surface area contributed by atoms with Crippen molar-refractivity contribution in [2.45, 2.75) is 57.4 Å². The van der Waals surface area contributed by atoms with Crippen molar-refractivity contribution in [1.82, 2.24) is 19.7 Å². The largest absolute Gasteiger partial charge is 0.492 e. The van der Waals surface area contributed by atoms with Crippen LogP contribution in [0.25, 0.3) is 0 Å². The van der Waals surface area contributed by atoms with E-state index in [0.29, 0.717) is 18.5 Å². The lowest BCUT2D eigenvalue weighted by atomic mass is 9.85. The molecule has 1 saturated heterocycles. The molecule has 2 aromatic rings. The Labute approximate surface area is 195 Å². The maximum atomic E-state index is 6.25. The lowest BCUT2D eigenvalue weighted by Crippen LogP contribution is -2.36. The third-order valence-corrected chi connectivity index (χ3v) is 6.84. The number of aromatic nitrogens is 3. The number of rotatable bonds is 6. The first-order valence-electron chi connectivity index (χ1n) is 12.3. The number of nitrogen functional groups attached to an aromatic ring is 1. The number of likely N-dealkylation sites (tertiary alicyclic amines) is 1. The highest BCUT2D eigenvalue weighted by atomic mass is 16.5. The quantitative estimate of drug-likeness (QED) is 0.695. The van der Waals surface area contributed by atoms with Crippen LogP contribution in [0.1, 0.15) is 51.4 Å². The lowest BCUT2D eigenvalue weighted by molar-refractivity contribution is 0.238. The van der Waals surface area contributed by atoms with Crippen molar-refractivity contribution in [1.29, 1.82) is 0 Å². The Morgan fingerprint density at radius 2 is 1.79 bits per heavy atom. The summed E-state index contributed by atoms with van der Waals surface area (Å²) in [6.07, 6.45) is 11.4. The van der Waals surface area contributed by atoms with Crippen LogP contribution in [-0.2, 0) is 0 Å². The standard InChI is InChI=1S/C24H34N8O/c25-23-29-24(28-18-9-11-19(12-10-18)33-16-15-31-13-5-6-14-31)30-32(23)22-20-7-3-1-2-4-8-21(20)26-17-27-22/h9-12,17,20-21H,1-8,13-16H2,(H3,25,28,29,30). The SMILES string of the molecule is Nc1nc(Nc2ccc(OCCN3CCCC3)cc2)nn1C1=NC=NC2CCCCCCC12. The lowest BCUT2D eigenvalue weighted by Gasteiger charge is -2.29. The molecule has 3 N–H and O–H groups in total. The van der Waals surface area contributed by atoms with Crippen LogP contribution in [0.15, 0.2) is 34.3 Å². The molecule has 33 heavy (non-hydrogen) atoms. The van der Waals surface area contributed by atoms with Gasteiger partial charge in [-0.2, -0.15) is 9.67 Å². The van der Waals surface area contributed by atoms with Crippen molar-refractivity contribution in [3.8, 4) is 5.75 Å². The van der Waals surface area contributed by atoms with E-state index in [1.54, 1.807) is 11.0 Å². The minimum Gasteiger partial charge on any atom is -0.492 e. The monoisotopic (exact) mass is 450 g/mol. The van der Waals surface area contributed by atoms with Crippen LogP contribution in [0.5, 0.6) is 5.75 Å². The van der Waals surface area contributed by atoms with Crippen molar-refractivity contribution >= 4 is 29.8 Å². The van der Waals surface area contributed by atoms with Gasteiger partial charge in [-0.3, -0.25) is 9.89 Å². The molecule has 0 amide bonds. The number of nitrogens with two attached hydrogens (primary N) is 1. The fourth-order valence-corrected chi connectivity index (χ4v) is 5.04. The zero-order chi connectivity index (χ0) is 22.5.